The molecular weight excluding hydrogens is 354 g/mol. The highest BCUT2D eigenvalue weighted by atomic mass is 16.5. The van der Waals surface area contributed by atoms with Crippen molar-refractivity contribution >= 4 is 5.91 Å². The fourth-order valence-corrected chi connectivity index (χ4v) is 3.60. The van der Waals surface area contributed by atoms with Crippen molar-refractivity contribution in [3.05, 3.63) is 53.7 Å². The molecule has 0 radical (unpaired) electrons. The number of benzene rings is 1. The lowest BCUT2D eigenvalue weighted by atomic mass is 9.96. The minimum atomic E-state index is 0.0146. The molecule has 1 aliphatic rings. The SMILES string of the molecule is CCOc1ncccc1CN1CCCC(C(=O)NCCc2ccc(O)cc2)C1. The van der Waals surface area contributed by atoms with Crippen LogP contribution in [0.15, 0.2) is 42.6 Å². The van der Waals surface area contributed by atoms with Crippen molar-refractivity contribution in [3.8, 4) is 11.6 Å². The Morgan fingerprint density at radius 2 is 2.14 bits per heavy atom. The van der Waals surface area contributed by atoms with Gasteiger partial charge < -0.3 is 15.2 Å². The molecule has 150 valence electrons. The molecule has 1 unspecified atom stereocenters. The topological polar surface area (TPSA) is 74.7 Å². The Hall–Kier alpha value is -2.60. The Balaban J connectivity index is 1.48. The molecule has 1 fully saturated rings. The number of aromatic nitrogens is 1. The van der Waals surface area contributed by atoms with E-state index in [9.17, 15) is 9.90 Å². The zero-order valence-corrected chi connectivity index (χ0v) is 16.4. The van der Waals surface area contributed by atoms with Gasteiger partial charge in [-0.3, -0.25) is 9.69 Å². The molecule has 0 bridgehead atoms. The Labute approximate surface area is 166 Å². The highest BCUT2D eigenvalue weighted by molar-refractivity contribution is 5.79. The van der Waals surface area contributed by atoms with Crippen LogP contribution < -0.4 is 10.1 Å². The van der Waals surface area contributed by atoms with Gasteiger partial charge in [0.2, 0.25) is 11.8 Å². The van der Waals surface area contributed by atoms with Gasteiger partial charge in [0.05, 0.1) is 12.5 Å². The van der Waals surface area contributed by atoms with E-state index < -0.39 is 0 Å². The molecule has 1 aromatic carbocycles. The Morgan fingerprint density at radius 3 is 2.93 bits per heavy atom. The van der Waals surface area contributed by atoms with E-state index in [0.29, 0.717) is 19.0 Å². The lowest BCUT2D eigenvalue weighted by Crippen LogP contribution is -2.43. The molecule has 0 spiro atoms. The van der Waals surface area contributed by atoms with Crippen LogP contribution in [0.2, 0.25) is 0 Å². The molecule has 28 heavy (non-hydrogen) atoms. The van der Waals surface area contributed by atoms with Crippen molar-refractivity contribution in [1.82, 2.24) is 15.2 Å². The summed E-state index contributed by atoms with van der Waals surface area (Å²) in [5.41, 5.74) is 2.17. The van der Waals surface area contributed by atoms with E-state index in [2.05, 4.69) is 15.2 Å². The Morgan fingerprint density at radius 1 is 1.32 bits per heavy atom. The summed E-state index contributed by atoms with van der Waals surface area (Å²) in [5, 5.41) is 12.4. The Bertz CT molecular complexity index is 764. The number of carbonyl (C=O) groups excluding carboxylic acids is 1. The van der Waals surface area contributed by atoms with E-state index in [0.717, 1.165) is 50.0 Å². The second-order valence-electron chi connectivity index (χ2n) is 7.18. The van der Waals surface area contributed by atoms with E-state index in [-0.39, 0.29) is 17.6 Å². The molecule has 0 saturated carbocycles. The molecule has 2 N–H and O–H groups in total. The van der Waals surface area contributed by atoms with Crippen molar-refractivity contribution in [2.75, 3.05) is 26.2 Å². The van der Waals surface area contributed by atoms with Crippen molar-refractivity contribution in [3.63, 3.8) is 0 Å². The van der Waals surface area contributed by atoms with Crippen molar-refractivity contribution < 1.29 is 14.6 Å². The minimum absolute atomic E-state index is 0.0146. The molecular formula is C22H29N3O3. The van der Waals surface area contributed by atoms with Crippen LogP contribution in [0.4, 0.5) is 0 Å². The number of hydrogen-bond acceptors (Lipinski definition) is 5. The van der Waals surface area contributed by atoms with E-state index in [1.165, 1.54) is 0 Å². The first kappa shape index (κ1) is 20.1. The second-order valence-corrected chi connectivity index (χ2v) is 7.18. The first-order chi connectivity index (χ1) is 13.7. The average Bonchev–Trinajstić information content (AvgIpc) is 2.71. The summed E-state index contributed by atoms with van der Waals surface area (Å²) in [5.74, 6) is 1.09. The van der Waals surface area contributed by atoms with E-state index in [1.54, 1.807) is 18.3 Å². The van der Waals surface area contributed by atoms with Crippen LogP contribution >= 0.6 is 0 Å². The molecule has 1 aromatic heterocycles. The number of ether oxygens (including phenoxy) is 1. The van der Waals surface area contributed by atoms with Gasteiger partial charge in [-0.1, -0.05) is 18.2 Å². The van der Waals surface area contributed by atoms with Gasteiger partial charge in [0, 0.05) is 31.4 Å². The van der Waals surface area contributed by atoms with Crippen LogP contribution in [-0.4, -0.2) is 47.1 Å². The number of piperidine rings is 1. The normalized spacial score (nSPS) is 17.2. The van der Waals surface area contributed by atoms with Gasteiger partial charge in [-0.05, 0) is 56.5 Å². The maximum absolute atomic E-state index is 12.6. The summed E-state index contributed by atoms with van der Waals surface area (Å²) in [7, 11) is 0. The van der Waals surface area contributed by atoms with Gasteiger partial charge in [-0.2, -0.15) is 0 Å². The minimum Gasteiger partial charge on any atom is -0.508 e. The first-order valence-corrected chi connectivity index (χ1v) is 10.0. The second kappa shape index (κ2) is 10.1. The predicted octanol–water partition coefficient (Wildman–Crippen LogP) is 2.76. The fraction of sp³-hybridized carbons (Fsp3) is 0.455. The molecule has 2 aromatic rings. The number of rotatable bonds is 8. The average molecular weight is 383 g/mol. The summed E-state index contributed by atoms with van der Waals surface area (Å²) < 4.78 is 5.62. The summed E-state index contributed by atoms with van der Waals surface area (Å²) in [4.78, 5) is 19.2. The van der Waals surface area contributed by atoms with Crippen LogP contribution in [0, 0.1) is 5.92 Å². The molecule has 2 heterocycles. The third-order valence-electron chi connectivity index (χ3n) is 5.05. The number of nitrogens with one attached hydrogen (secondary N) is 1. The quantitative estimate of drug-likeness (QED) is 0.733. The summed E-state index contributed by atoms with van der Waals surface area (Å²) >= 11 is 0. The number of phenols is 1. The van der Waals surface area contributed by atoms with Gasteiger partial charge in [-0.25, -0.2) is 4.98 Å². The molecule has 6 nitrogen and oxygen atoms in total. The third kappa shape index (κ3) is 5.70. The maximum Gasteiger partial charge on any atom is 0.224 e. The van der Waals surface area contributed by atoms with Gasteiger partial charge >= 0.3 is 0 Å². The molecule has 1 atom stereocenters. The highest BCUT2D eigenvalue weighted by Gasteiger charge is 2.26. The fourth-order valence-electron chi connectivity index (χ4n) is 3.60. The standard InChI is InChI=1S/C22H29N3O3/c1-2-28-22-19(5-3-12-24-22)16-25-14-4-6-18(15-25)21(27)23-13-11-17-7-9-20(26)10-8-17/h3,5,7-10,12,18,26H,2,4,6,11,13-16H2,1H3,(H,23,27). The summed E-state index contributed by atoms with van der Waals surface area (Å²) in [6.45, 7) is 5.65. The third-order valence-corrected chi connectivity index (χ3v) is 5.05. The van der Waals surface area contributed by atoms with E-state index in [1.807, 2.05) is 31.2 Å². The predicted molar refractivity (Wildman–Crippen MR) is 108 cm³/mol. The highest BCUT2D eigenvalue weighted by Crippen LogP contribution is 2.22. The van der Waals surface area contributed by atoms with Crippen LogP contribution in [-0.2, 0) is 17.8 Å². The number of pyridine rings is 1. The lowest BCUT2D eigenvalue weighted by molar-refractivity contribution is -0.126. The molecule has 1 aliphatic heterocycles. The molecule has 6 heteroatoms. The summed E-state index contributed by atoms with van der Waals surface area (Å²) in [6, 6.07) is 11.1. The molecule has 1 amide bonds. The number of nitrogens with zero attached hydrogens (tertiary/aromatic N) is 2. The number of amides is 1. The lowest BCUT2D eigenvalue weighted by Gasteiger charge is -2.32. The first-order valence-electron chi connectivity index (χ1n) is 10.0. The molecule has 3 rings (SSSR count). The van der Waals surface area contributed by atoms with Gasteiger partial charge in [0.1, 0.15) is 5.75 Å². The van der Waals surface area contributed by atoms with Crippen molar-refractivity contribution in [2.24, 2.45) is 5.92 Å². The van der Waals surface area contributed by atoms with Gasteiger partial charge in [0.15, 0.2) is 0 Å². The maximum atomic E-state index is 12.6. The van der Waals surface area contributed by atoms with Crippen molar-refractivity contribution in [1.29, 1.82) is 0 Å². The molecule has 1 saturated heterocycles. The summed E-state index contributed by atoms with van der Waals surface area (Å²) in [6.07, 6.45) is 4.44. The number of phenolic OH excluding ortho intramolecular Hbond substituents is 1. The monoisotopic (exact) mass is 383 g/mol. The zero-order chi connectivity index (χ0) is 19.8. The largest absolute Gasteiger partial charge is 0.508 e. The molecule has 0 aliphatic carbocycles. The van der Waals surface area contributed by atoms with Crippen LogP contribution in [0.3, 0.4) is 0 Å². The number of likely N-dealkylation sites (tertiary alicyclic amines) is 1. The van der Waals surface area contributed by atoms with Crippen LogP contribution in [0.25, 0.3) is 0 Å². The van der Waals surface area contributed by atoms with Crippen LogP contribution in [0.5, 0.6) is 11.6 Å². The van der Waals surface area contributed by atoms with E-state index in [4.69, 9.17) is 4.74 Å². The number of carbonyl (C=O) groups is 1. The zero-order valence-electron chi connectivity index (χ0n) is 16.4. The van der Waals surface area contributed by atoms with Gasteiger partial charge in [-0.15, -0.1) is 0 Å². The smallest absolute Gasteiger partial charge is 0.224 e. The van der Waals surface area contributed by atoms with Crippen LogP contribution in [0.1, 0.15) is 30.9 Å². The Kier molecular flexibility index (Phi) is 7.25. The number of aromatic hydroxyl groups is 1. The van der Waals surface area contributed by atoms with E-state index >= 15 is 0 Å². The number of hydrogen-bond donors (Lipinski definition) is 2. The van der Waals surface area contributed by atoms with Gasteiger partial charge in [0.25, 0.3) is 0 Å². The van der Waals surface area contributed by atoms with Crippen molar-refractivity contribution in [2.45, 2.75) is 32.7 Å².